The first kappa shape index (κ1) is 8.63. The summed E-state index contributed by atoms with van der Waals surface area (Å²) in [6, 6.07) is 0. The Kier molecular flexibility index (Phi) is 4.32. The molecule has 2 N–H and O–H groups in total. The van der Waals surface area contributed by atoms with Crippen molar-refractivity contribution in [3.8, 4) is 0 Å². The zero-order valence-corrected chi connectivity index (χ0v) is 6.18. The number of carbonyl (C=O) groups is 1. The second-order valence-electron chi connectivity index (χ2n) is 2.59. The molecule has 2 heteroatoms. The summed E-state index contributed by atoms with van der Waals surface area (Å²) in [7, 11) is 0. The van der Waals surface area contributed by atoms with E-state index in [2.05, 4.69) is 0 Å². The summed E-state index contributed by atoms with van der Waals surface area (Å²) >= 11 is 0. The average molecular weight is 129 g/mol. The van der Waals surface area contributed by atoms with Crippen LogP contribution < -0.4 is 5.73 Å². The lowest BCUT2D eigenvalue weighted by molar-refractivity contribution is -0.117. The largest absolute Gasteiger partial charge is 0.330 e. The fourth-order valence-corrected chi connectivity index (χ4v) is 0.877. The Hall–Kier alpha value is -0.370. The zero-order valence-electron chi connectivity index (χ0n) is 6.18. The monoisotopic (exact) mass is 129 g/mol. The second-order valence-corrected chi connectivity index (χ2v) is 2.59. The van der Waals surface area contributed by atoms with E-state index in [0.29, 0.717) is 18.9 Å². The lowest BCUT2D eigenvalue weighted by atomic mass is 10.0. The number of Topliss-reactive ketones (excluding diaryl/α,β-unsaturated/α-hetero) is 1. The van der Waals surface area contributed by atoms with Crippen LogP contribution in [0.3, 0.4) is 0 Å². The minimum Gasteiger partial charge on any atom is -0.330 e. The van der Waals surface area contributed by atoms with Crippen molar-refractivity contribution in [3.05, 3.63) is 0 Å². The van der Waals surface area contributed by atoms with Crippen molar-refractivity contribution < 1.29 is 4.79 Å². The van der Waals surface area contributed by atoms with Crippen molar-refractivity contribution in [2.45, 2.75) is 26.7 Å². The van der Waals surface area contributed by atoms with Crippen LogP contribution in [0.5, 0.6) is 0 Å². The van der Waals surface area contributed by atoms with Gasteiger partial charge in [-0.3, -0.25) is 0 Å². The lowest BCUT2D eigenvalue weighted by Crippen LogP contribution is -2.08. The van der Waals surface area contributed by atoms with Gasteiger partial charge in [-0.2, -0.15) is 0 Å². The van der Waals surface area contributed by atoms with Gasteiger partial charge in [0.1, 0.15) is 5.78 Å². The summed E-state index contributed by atoms with van der Waals surface area (Å²) in [6.07, 6.45) is 1.64. The first-order chi connectivity index (χ1) is 4.16. The first-order valence-electron chi connectivity index (χ1n) is 3.36. The number of nitrogens with two attached hydrogens (primary N) is 1. The highest BCUT2D eigenvalue weighted by molar-refractivity contribution is 5.75. The molecule has 0 saturated heterocycles. The van der Waals surface area contributed by atoms with Crippen LogP contribution in [0.15, 0.2) is 0 Å². The maximum absolute atomic E-state index is 10.5. The van der Waals surface area contributed by atoms with Crippen molar-refractivity contribution in [2.75, 3.05) is 6.54 Å². The van der Waals surface area contributed by atoms with Crippen molar-refractivity contribution in [3.63, 3.8) is 0 Å². The summed E-state index contributed by atoms with van der Waals surface area (Å²) in [5.74, 6) is 0.725. The Morgan fingerprint density at radius 3 is 2.56 bits per heavy atom. The van der Waals surface area contributed by atoms with Gasteiger partial charge in [-0.25, -0.2) is 0 Å². The van der Waals surface area contributed by atoms with Crippen molar-refractivity contribution in [2.24, 2.45) is 11.7 Å². The van der Waals surface area contributed by atoms with Crippen molar-refractivity contribution in [1.29, 1.82) is 0 Å². The van der Waals surface area contributed by atoms with Gasteiger partial charge in [-0.1, -0.05) is 6.92 Å². The van der Waals surface area contributed by atoms with Crippen LogP contribution in [0, 0.1) is 5.92 Å². The molecule has 0 bridgehead atoms. The van der Waals surface area contributed by atoms with E-state index >= 15 is 0 Å². The van der Waals surface area contributed by atoms with E-state index in [4.69, 9.17) is 5.73 Å². The predicted molar refractivity (Wildman–Crippen MR) is 38.1 cm³/mol. The van der Waals surface area contributed by atoms with E-state index in [1.165, 1.54) is 0 Å². The minimum atomic E-state index is 0.260. The molecule has 0 heterocycles. The van der Waals surface area contributed by atoms with Crippen LogP contribution in [-0.2, 0) is 4.79 Å². The molecule has 1 unspecified atom stereocenters. The Morgan fingerprint density at radius 1 is 1.67 bits per heavy atom. The van der Waals surface area contributed by atoms with E-state index in [0.717, 1.165) is 6.42 Å². The Morgan fingerprint density at radius 2 is 2.22 bits per heavy atom. The van der Waals surface area contributed by atoms with E-state index in [1.807, 2.05) is 6.92 Å². The molecule has 0 aromatic rings. The summed E-state index contributed by atoms with van der Waals surface area (Å²) in [4.78, 5) is 10.5. The molecule has 0 radical (unpaired) electrons. The van der Waals surface area contributed by atoms with Crippen LogP contribution in [0.25, 0.3) is 0 Å². The molecule has 0 rings (SSSR count). The maximum Gasteiger partial charge on any atom is 0.130 e. The third-order valence-corrected chi connectivity index (χ3v) is 1.30. The fourth-order valence-electron chi connectivity index (χ4n) is 0.877. The van der Waals surface area contributed by atoms with Gasteiger partial charge >= 0.3 is 0 Å². The predicted octanol–water partition coefficient (Wildman–Crippen LogP) is 0.950. The van der Waals surface area contributed by atoms with Gasteiger partial charge in [-0.15, -0.1) is 0 Å². The Labute approximate surface area is 56.4 Å². The molecule has 54 valence electrons. The molecule has 0 amide bonds. The topological polar surface area (TPSA) is 43.1 Å². The van der Waals surface area contributed by atoms with Gasteiger partial charge in [0.2, 0.25) is 0 Å². The molecule has 9 heavy (non-hydrogen) atoms. The molecule has 0 spiro atoms. The molecule has 0 aliphatic rings. The van der Waals surface area contributed by atoms with Crippen LogP contribution in [0.2, 0.25) is 0 Å². The Bertz CT molecular complexity index is 90.9. The van der Waals surface area contributed by atoms with Crippen LogP contribution >= 0.6 is 0 Å². The zero-order chi connectivity index (χ0) is 7.28. The smallest absolute Gasteiger partial charge is 0.130 e. The van der Waals surface area contributed by atoms with Crippen LogP contribution in [0.1, 0.15) is 26.7 Å². The van der Waals surface area contributed by atoms with Gasteiger partial charge in [0.05, 0.1) is 0 Å². The lowest BCUT2D eigenvalue weighted by Gasteiger charge is -2.04. The van der Waals surface area contributed by atoms with Gasteiger partial charge in [-0.05, 0) is 25.8 Å². The van der Waals surface area contributed by atoms with E-state index < -0.39 is 0 Å². The molecule has 0 aromatic carbocycles. The van der Waals surface area contributed by atoms with Crippen molar-refractivity contribution >= 4 is 5.78 Å². The minimum absolute atomic E-state index is 0.260. The van der Waals surface area contributed by atoms with E-state index in [9.17, 15) is 4.79 Å². The fraction of sp³-hybridized carbons (Fsp3) is 0.857. The summed E-state index contributed by atoms with van der Waals surface area (Å²) in [6.45, 7) is 4.36. The molecule has 0 aliphatic carbocycles. The van der Waals surface area contributed by atoms with Crippen molar-refractivity contribution in [1.82, 2.24) is 0 Å². The van der Waals surface area contributed by atoms with E-state index in [1.54, 1.807) is 6.92 Å². The molecule has 0 aliphatic heterocycles. The number of carbonyl (C=O) groups excluding carboxylic acids is 1. The molecule has 1 atom stereocenters. The summed E-state index contributed by atoms with van der Waals surface area (Å²) in [5.41, 5.74) is 5.29. The molecular weight excluding hydrogens is 114 g/mol. The first-order valence-corrected chi connectivity index (χ1v) is 3.36. The van der Waals surface area contributed by atoms with Gasteiger partial charge in [0.25, 0.3) is 0 Å². The summed E-state index contributed by atoms with van der Waals surface area (Å²) in [5, 5.41) is 0. The standard InChI is InChI=1S/C7H15NO/c1-6(3-4-8)5-7(2)9/h6H,3-5,8H2,1-2H3. The number of rotatable bonds is 4. The highest BCUT2D eigenvalue weighted by Gasteiger charge is 2.02. The SMILES string of the molecule is CC(=O)CC(C)CCN. The third kappa shape index (κ3) is 5.50. The van der Waals surface area contributed by atoms with E-state index in [-0.39, 0.29) is 5.78 Å². The highest BCUT2D eigenvalue weighted by atomic mass is 16.1. The molecule has 0 fully saturated rings. The number of hydrogen-bond donors (Lipinski definition) is 1. The van der Waals surface area contributed by atoms with Gasteiger partial charge in [0, 0.05) is 6.42 Å². The third-order valence-electron chi connectivity index (χ3n) is 1.30. The normalized spacial score (nSPS) is 13.2. The quantitative estimate of drug-likeness (QED) is 0.614. The Balaban J connectivity index is 3.26. The second kappa shape index (κ2) is 4.50. The molecule has 0 saturated carbocycles. The molecular formula is C7H15NO. The van der Waals surface area contributed by atoms with Gasteiger partial charge < -0.3 is 10.5 Å². The molecule has 0 aromatic heterocycles. The maximum atomic E-state index is 10.5. The van der Waals surface area contributed by atoms with Crippen LogP contribution in [-0.4, -0.2) is 12.3 Å². The summed E-state index contributed by atoms with van der Waals surface area (Å²) < 4.78 is 0. The molecule has 2 nitrogen and oxygen atoms in total. The number of ketones is 1. The average Bonchev–Trinajstić information content (AvgIpc) is 1.63. The number of hydrogen-bond acceptors (Lipinski definition) is 2. The highest BCUT2D eigenvalue weighted by Crippen LogP contribution is 2.05. The van der Waals surface area contributed by atoms with Gasteiger partial charge in [0.15, 0.2) is 0 Å². The van der Waals surface area contributed by atoms with Crippen LogP contribution in [0.4, 0.5) is 0 Å².